The van der Waals surface area contributed by atoms with Crippen LogP contribution in [0.25, 0.3) is 0 Å². The van der Waals surface area contributed by atoms with E-state index in [9.17, 15) is 23.2 Å². The summed E-state index contributed by atoms with van der Waals surface area (Å²) in [7, 11) is 0. The van der Waals surface area contributed by atoms with E-state index in [2.05, 4.69) is 10.6 Å². The maximum Gasteiger partial charge on any atom is 0.325 e. The van der Waals surface area contributed by atoms with Gasteiger partial charge < -0.3 is 10.6 Å². The molecule has 4 amide bonds. The highest BCUT2D eigenvalue weighted by molar-refractivity contribution is 6.30. The van der Waals surface area contributed by atoms with Crippen LogP contribution in [0.2, 0.25) is 5.02 Å². The van der Waals surface area contributed by atoms with Crippen LogP contribution in [0.3, 0.4) is 0 Å². The number of carbonyl (C=O) groups is 3. The van der Waals surface area contributed by atoms with Crippen LogP contribution in [-0.2, 0) is 15.1 Å². The van der Waals surface area contributed by atoms with Gasteiger partial charge in [0.15, 0.2) is 0 Å². The van der Waals surface area contributed by atoms with Gasteiger partial charge in [0.25, 0.3) is 5.91 Å². The number of hydrogen-bond donors (Lipinski definition) is 2. The molecule has 0 aliphatic carbocycles. The molecular weight excluding hydrogens is 416 g/mol. The number of anilines is 1. The molecule has 1 saturated heterocycles. The Hall–Kier alpha value is -3.00. The normalized spacial score (nSPS) is 18.5. The number of benzene rings is 2. The van der Waals surface area contributed by atoms with Crippen LogP contribution in [0.15, 0.2) is 42.5 Å². The monoisotopic (exact) mass is 435 g/mol. The summed E-state index contributed by atoms with van der Waals surface area (Å²) in [5, 5.41) is 5.20. The zero-order valence-corrected chi connectivity index (χ0v) is 16.9. The summed E-state index contributed by atoms with van der Waals surface area (Å²) in [4.78, 5) is 38.9. The third-order valence-electron chi connectivity index (χ3n) is 4.92. The number of carbonyl (C=O) groups excluding carboxylic acids is 3. The number of rotatable bonds is 7. The Morgan fingerprint density at radius 1 is 1.17 bits per heavy atom. The van der Waals surface area contributed by atoms with Crippen molar-refractivity contribution in [2.75, 3.05) is 11.9 Å². The lowest BCUT2D eigenvalue weighted by Gasteiger charge is -2.27. The highest BCUT2D eigenvalue weighted by Crippen LogP contribution is 2.34. The lowest BCUT2D eigenvalue weighted by molar-refractivity contribution is -0.134. The van der Waals surface area contributed by atoms with E-state index in [0.717, 1.165) is 17.4 Å². The number of hydrogen-bond acceptors (Lipinski definition) is 3. The standard InChI is InChI=1S/C21H20ClF2N3O3/c1-2-3-10-21(13-4-7-15(23)8-5-13)19(29)27(20(30)26-21)12-18(28)25-17-11-14(22)6-9-16(17)24/h4-9,11H,2-3,10,12H2,1H3,(H,25,28)(H,26,30)/t21-/m1/s1. The molecule has 0 radical (unpaired) electrons. The number of unbranched alkanes of at least 4 members (excludes halogenated alkanes) is 1. The Labute approximate surface area is 177 Å². The SMILES string of the molecule is CCCC[C@]1(c2ccc(F)cc2)NC(=O)N(CC(=O)Nc2cc(Cl)ccc2F)C1=O. The Bertz CT molecular complexity index is 984. The Balaban J connectivity index is 1.83. The molecular formula is C21H20ClF2N3O3. The molecule has 30 heavy (non-hydrogen) atoms. The first-order valence-electron chi connectivity index (χ1n) is 9.42. The molecule has 1 fully saturated rings. The van der Waals surface area contributed by atoms with Gasteiger partial charge in [0.2, 0.25) is 5.91 Å². The quantitative estimate of drug-likeness (QED) is 0.640. The van der Waals surface area contributed by atoms with E-state index < -0.39 is 41.6 Å². The highest BCUT2D eigenvalue weighted by atomic mass is 35.5. The molecule has 2 aromatic carbocycles. The molecule has 2 N–H and O–H groups in total. The van der Waals surface area contributed by atoms with Crippen molar-refractivity contribution in [1.29, 1.82) is 0 Å². The zero-order chi connectivity index (χ0) is 21.9. The van der Waals surface area contributed by atoms with Gasteiger partial charge in [-0.2, -0.15) is 0 Å². The smallest absolute Gasteiger partial charge is 0.322 e. The first kappa shape index (κ1) is 21.7. The summed E-state index contributed by atoms with van der Waals surface area (Å²) in [6, 6.07) is 8.19. The van der Waals surface area contributed by atoms with Crippen LogP contribution >= 0.6 is 11.6 Å². The molecule has 9 heteroatoms. The molecule has 2 aromatic rings. The minimum absolute atomic E-state index is 0.157. The van der Waals surface area contributed by atoms with Gasteiger partial charge in [-0.15, -0.1) is 0 Å². The zero-order valence-electron chi connectivity index (χ0n) is 16.2. The van der Waals surface area contributed by atoms with Crippen LogP contribution < -0.4 is 10.6 Å². The average molecular weight is 436 g/mol. The van der Waals surface area contributed by atoms with E-state index >= 15 is 0 Å². The number of imide groups is 1. The molecule has 0 unspecified atom stereocenters. The molecule has 0 bridgehead atoms. The number of nitrogens with one attached hydrogen (secondary N) is 2. The summed E-state index contributed by atoms with van der Waals surface area (Å²) in [5.41, 5.74) is -1.11. The molecule has 1 aliphatic heterocycles. The number of nitrogens with zero attached hydrogens (tertiary/aromatic N) is 1. The third-order valence-corrected chi connectivity index (χ3v) is 5.16. The summed E-state index contributed by atoms with van der Waals surface area (Å²) >= 11 is 5.81. The van der Waals surface area contributed by atoms with Crippen LogP contribution in [0.4, 0.5) is 19.3 Å². The van der Waals surface area contributed by atoms with Crippen molar-refractivity contribution in [2.24, 2.45) is 0 Å². The van der Waals surface area contributed by atoms with Gasteiger partial charge in [-0.3, -0.25) is 14.5 Å². The van der Waals surface area contributed by atoms with Gasteiger partial charge in [0, 0.05) is 5.02 Å². The van der Waals surface area contributed by atoms with E-state index in [1.54, 1.807) is 0 Å². The van der Waals surface area contributed by atoms with Crippen molar-refractivity contribution in [3.63, 3.8) is 0 Å². The molecule has 1 heterocycles. The second-order valence-corrected chi connectivity index (χ2v) is 7.45. The van der Waals surface area contributed by atoms with Crippen LogP contribution in [0.1, 0.15) is 31.7 Å². The Morgan fingerprint density at radius 3 is 2.53 bits per heavy atom. The van der Waals surface area contributed by atoms with Crippen molar-refractivity contribution >= 4 is 35.1 Å². The number of amides is 4. The second-order valence-electron chi connectivity index (χ2n) is 7.01. The molecule has 0 saturated carbocycles. The van der Waals surface area contributed by atoms with E-state index in [4.69, 9.17) is 11.6 Å². The Kier molecular flexibility index (Phi) is 6.36. The molecule has 6 nitrogen and oxygen atoms in total. The van der Waals surface area contributed by atoms with E-state index in [0.29, 0.717) is 18.4 Å². The lowest BCUT2D eigenvalue weighted by Crippen LogP contribution is -2.44. The molecule has 0 aromatic heterocycles. The van der Waals surface area contributed by atoms with Gasteiger partial charge in [0.1, 0.15) is 23.7 Å². The minimum Gasteiger partial charge on any atom is -0.322 e. The third kappa shape index (κ3) is 4.28. The maximum atomic E-state index is 13.8. The molecule has 1 aliphatic rings. The van der Waals surface area contributed by atoms with Crippen molar-refractivity contribution in [3.05, 3.63) is 64.7 Å². The molecule has 3 rings (SSSR count). The van der Waals surface area contributed by atoms with Crippen LogP contribution in [0, 0.1) is 11.6 Å². The lowest BCUT2D eigenvalue weighted by atomic mass is 9.85. The summed E-state index contributed by atoms with van der Waals surface area (Å²) in [5.74, 6) is -2.55. The van der Waals surface area contributed by atoms with E-state index in [1.807, 2.05) is 6.92 Å². The summed E-state index contributed by atoms with van der Waals surface area (Å²) < 4.78 is 27.2. The first-order chi connectivity index (χ1) is 14.3. The van der Waals surface area contributed by atoms with Gasteiger partial charge in [-0.05, 0) is 42.3 Å². The van der Waals surface area contributed by atoms with E-state index in [1.165, 1.54) is 36.4 Å². The second kappa shape index (κ2) is 8.79. The molecule has 1 atom stereocenters. The number of halogens is 3. The van der Waals surface area contributed by atoms with Gasteiger partial charge in [-0.1, -0.05) is 43.5 Å². The van der Waals surface area contributed by atoms with Crippen molar-refractivity contribution in [1.82, 2.24) is 10.2 Å². The van der Waals surface area contributed by atoms with Crippen molar-refractivity contribution in [3.8, 4) is 0 Å². The predicted octanol–water partition coefficient (Wildman–Crippen LogP) is 4.19. The van der Waals surface area contributed by atoms with Crippen molar-refractivity contribution < 1.29 is 23.2 Å². The topological polar surface area (TPSA) is 78.5 Å². The first-order valence-corrected chi connectivity index (χ1v) is 9.79. The fourth-order valence-electron chi connectivity index (χ4n) is 3.38. The fraction of sp³-hybridized carbons (Fsp3) is 0.286. The molecule has 0 spiro atoms. The number of urea groups is 1. The maximum absolute atomic E-state index is 13.8. The summed E-state index contributed by atoms with van der Waals surface area (Å²) in [6.07, 6.45) is 1.68. The van der Waals surface area contributed by atoms with Gasteiger partial charge in [-0.25, -0.2) is 13.6 Å². The van der Waals surface area contributed by atoms with Crippen molar-refractivity contribution in [2.45, 2.75) is 31.7 Å². The summed E-state index contributed by atoms with van der Waals surface area (Å²) in [6.45, 7) is 1.33. The highest BCUT2D eigenvalue weighted by Gasteiger charge is 2.52. The fourth-order valence-corrected chi connectivity index (χ4v) is 3.55. The largest absolute Gasteiger partial charge is 0.325 e. The van der Waals surface area contributed by atoms with Gasteiger partial charge >= 0.3 is 6.03 Å². The van der Waals surface area contributed by atoms with Crippen LogP contribution in [0.5, 0.6) is 0 Å². The average Bonchev–Trinajstić information content (AvgIpc) is 2.95. The molecule has 158 valence electrons. The Morgan fingerprint density at radius 2 is 1.87 bits per heavy atom. The van der Waals surface area contributed by atoms with E-state index in [-0.39, 0.29) is 10.7 Å². The van der Waals surface area contributed by atoms with Gasteiger partial charge in [0.05, 0.1) is 5.69 Å². The minimum atomic E-state index is -1.39. The predicted molar refractivity (Wildman–Crippen MR) is 108 cm³/mol. The van der Waals surface area contributed by atoms with Crippen LogP contribution in [-0.4, -0.2) is 29.3 Å².